The van der Waals surface area contributed by atoms with Crippen LogP contribution >= 0.6 is 0 Å². The van der Waals surface area contributed by atoms with Crippen molar-refractivity contribution in [2.75, 3.05) is 7.05 Å². The predicted octanol–water partition coefficient (Wildman–Crippen LogP) is 4.86. The Bertz CT molecular complexity index is 826. The second-order valence-electron chi connectivity index (χ2n) is 6.14. The Balaban J connectivity index is 1.81. The molecule has 0 N–H and O–H groups in total. The van der Waals surface area contributed by atoms with Gasteiger partial charge in [-0.25, -0.2) is 0 Å². The molecule has 2 nitrogen and oxygen atoms in total. The molecule has 0 unspecified atom stereocenters. The molecule has 2 atom stereocenters. The summed E-state index contributed by atoms with van der Waals surface area (Å²) < 4.78 is 0. The first-order valence-corrected chi connectivity index (χ1v) is 8.30. The minimum absolute atomic E-state index is 0.105. The van der Waals surface area contributed by atoms with Gasteiger partial charge in [0, 0.05) is 12.6 Å². The lowest BCUT2D eigenvalue weighted by Crippen LogP contribution is -2.28. The van der Waals surface area contributed by atoms with Gasteiger partial charge in [0.05, 0.1) is 6.04 Å². The molecule has 24 heavy (non-hydrogen) atoms. The zero-order valence-electron chi connectivity index (χ0n) is 13.7. The second-order valence-corrected chi connectivity index (χ2v) is 6.14. The lowest BCUT2D eigenvalue weighted by molar-refractivity contribution is 0.364. The molecule has 0 spiro atoms. The van der Waals surface area contributed by atoms with Crippen LogP contribution in [0.1, 0.15) is 28.8 Å². The molecule has 4 rings (SSSR count). The monoisotopic (exact) mass is 312 g/mol. The summed E-state index contributed by atoms with van der Waals surface area (Å²) >= 11 is 0. The first kappa shape index (κ1) is 14.7. The van der Waals surface area contributed by atoms with Crippen molar-refractivity contribution in [3.05, 3.63) is 108 Å². The van der Waals surface area contributed by atoms with E-state index in [-0.39, 0.29) is 12.1 Å². The summed E-state index contributed by atoms with van der Waals surface area (Å²) in [5.41, 5.74) is 3.71. The number of rotatable bonds is 3. The Hall–Kier alpha value is -2.87. The van der Waals surface area contributed by atoms with Gasteiger partial charge in [-0.3, -0.25) is 4.99 Å². The van der Waals surface area contributed by atoms with E-state index in [1.165, 1.54) is 16.7 Å². The Morgan fingerprint density at radius 2 is 1.17 bits per heavy atom. The molecule has 0 aliphatic carbocycles. The molecular weight excluding hydrogens is 292 g/mol. The van der Waals surface area contributed by atoms with E-state index < -0.39 is 0 Å². The maximum absolute atomic E-state index is 5.11. The van der Waals surface area contributed by atoms with Crippen LogP contribution in [-0.2, 0) is 0 Å². The molecule has 0 amide bonds. The van der Waals surface area contributed by atoms with Crippen LogP contribution in [0, 0.1) is 0 Å². The molecule has 0 radical (unpaired) electrons. The van der Waals surface area contributed by atoms with Gasteiger partial charge in [-0.05, 0) is 11.1 Å². The van der Waals surface area contributed by atoms with Gasteiger partial charge in [0.1, 0.15) is 11.9 Å². The van der Waals surface area contributed by atoms with E-state index in [1.54, 1.807) is 0 Å². The quantitative estimate of drug-likeness (QED) is 0.674. The minimum Gasteiger partial charge on any atom is -0.350 e. The lowest BCUT2D eigenvalue weighted by Gasteiger charge is -2.27. The van der Waals surface area contributed by atoms with Gasteiger partial charge in [0.2, 0.25) is 0 Å². The molecule has 3 aromatic carbocycles. The Morgan fingerprint density at radius 1 is 0.667 bits per heavy atom. The zero-order valence-corrected chi connectivity index (χ0v) is 13.7. The summed E-state index contributed by atoms with van der Waals surface area (Å²) in [5, 5.41) is 0. The second kappa shape index (κ2) is 6.32. The number of likely N-dealkylation sites (N-methyl/N-ethyl adjacent to an activating group) is 1. The average molecular weight is 312 g/mol. The van der Waals surface area contributed by atoms with Crippen molar-refractivity contribution < 1.29 is 0 Å². The average Bonchev–Trinajstić information content (AvgIpc) is 3.01. The van der Waals surface area contributed by atoms with Gasteiger partial charge in [-0.15, -0.1) is 0 Å². The molecule has 118 valence electrons. The first-order chi connectivity index (χ1) is 11.8. The van der Waals surface area contributed by atoms with Gasteiger partial charge in [0.25, 0.3) is 0 Å². The minimum atomic E-state index is 0.105. The highest BCUT2D eigenvalue weighted by atomic mass is 15.3. The molecular formula is C22H20N2. The van der Waals surface area contributed by atoms with E-state index in [9.17, 15) is 0 Å². The summed E-state index contributed by atoms with van der Waals surface area (Å²) in [6.45, 7) is 0. The van der Waals surface area contributed by atoms with Crippen molar-refractivity contribution in [1.82, 2.24) is 4.90 Å². The van der Waals surface area contributed by atoms with Crippen LogP contribution in [0.15, 0.2) is 96.0 Å². The van der Waals surface area contributed by atoms with Crippen LogP contribution in [0.3, 0.4) is 0 Å². The highest BCUT2D eigenvalue weighted by Crippen LogP contribution is 2.42. The summed E-state index contributed by atoms with van der Waals surface area (Å²) in [5.74, 6) is 1.05. The summed E-state index contributed by atoms with van der Waals surface area (Å²) in [4.78, 5) is 7.42. The zero-order chi connectivity index (χ0) is 16.4. The Labute approximate surface area is 143 Å². The highest BCUT2D eigenvalue weighted by Gasteiger charge is 2.36. The van der Waals surface area contributed by atoms with E-state index in [4.69, 9.17) is 4.99 Å². The van der Waals surface area contributed by atoms with Gasteiger partial charge in [-0.2, -0.15) is 0 Å². The Kier molecular flexibility index (Phi) is 3.87. The van der Waals surface area contributed by atoms with E-state index >= 15 is 0 Å². The third kappa shape index (κ3) is 2.61. The maximum atomic E-state index is 5.11. The van der Waals surface area contributed by atoms with Crippen molar-refractivity contribution in [3.63, 3.8) is 0 Å². The van der Waals surface area contributed by atoms with Crippen molar-refractivity contribution >= 4 is 5.84 Å². The van der Waals surface area contributed by atoms with Crippen molar-refractivity contribution in [2.24, 2.45) is 4.99 Å². The number of hydrogen-bond donors (Lipinski definition) is 0. The third-order valence-corrected chi connectivity index (χ3v) is 4.63. The van der Waals surface area contributed by atoms with Crippen LogP contribution in [0.25, 0.3) is 0 Å². The lowest BCUT2D eigenvalue weighted by atomic mass is 9.94. The van der Waals surface area contributed by atoms with Crippen molar-refractivity contribution in [3.8, 4) is 0 Å². The Morgan fingerprint density at radius 3 is 1.75 bits per heavy atom. The van der Waals surface area contributed by atoms with Crippen LogP contribution in [0.5, 0.6) is 0 Å². The molecule has 3 aromatic rings. The molecule has 0 saturated carbocycles. The molecule has 1 aliphatic rings. The summed E-state index contributed by atoms with van der Waals surface area (Å²) in [6, 6.07) is 32.0. The highest BCUT2D eigenvalue weighted by molar-refractivity contribution is 6.00. The summed E-state index contributed by atoms with van der Waals surface area (Å²) in [7, 11) is 2.15. The smallest absolute Gasteiger partial charge is 0.131 e. The van der Waals surface area contributed by atoms with Gasteiger partial charge < -0.3 is 4.90 Å². The number of nitrogens with zero attached hydrogens (tertiary/aromatic N) is 2. The number of hydrogen-bond acceptors (Lipinski definition) is 2. The maximum Gasteiger partial charge on any atom is 0.131 e. The number of amidine groups is 1. The fourth-order valence-corrected chi connectivity index (χ4v) is 3.47. The van der Waals surface area contributed by atoms with E-state index in [0.29, 0.717) is 0 Å². The largest absolute Gasteiger partial charge is 0.350 e. The van der Waals surface area contributed by atoms with Gasteiger partial charge >= 0.3 is 0 Å². The topological polar surface area (TPSA) is 15.6 Å². The van der Waals surface area contributed by atoms with E-state index in [1.807, 2.05) is 6.07 Å². The van der Waals surface area contributed by atoms with Gasteiger partial charge in [0.15, 0.2) is 0 Å². The van der Waals surface area contributed by atoms with E-state index in [2.05, 4.69) is 96.9 Å². The fourth-order valence-electron chi connectivity index (χ4n) is 3.47. The molecule has 0 aromatic heterocycles. The summed E-state index contributed by atoms with van der Waals surface area (Å²) in [6.07, 6.45) is 0. The fraction of sp³-hybridized carbons (Fsp3) is 0.136. The number of benzene rings is 3. The van der Waals surface area contributed by atoms with Crippen LogP contribution in [0.4, 0.5) is 0 Å². The predicted molar refractivity (Wildman–Crippen MR) is 99.1 cm³/mol. The molecule has 1 aliphatic heterocycles. The molecule has 2 heteroatoms. The SMILES string of the molecule is CN1C(c2ccccc2)=N[C@H](c2ccccc2)[C@@H]1c1ccccc1. The van der Waals surface area contributed by atoms with Crippen LogP contribution in [-0.4, -0.2) is 17.8 Å². The number of aliphatic imine (C=N–C) groups is 1. The third-order valence-electron chi connectivity index (χ3n) is 4.63. The molecule has 1 heterocycles. The van der Waals surface area contributed by atoms with Crippen molar-refractivity contribution in [2.45, 2.75) is 12.1 Å². The molecule has 0 fully saturated rings. The van der Waals surface area contributed by atoms with Crippen molar-refractivity contribution in [1.29, 1.82) is 0 Å². The molecule has 0 saturated heterocycles. The van der Waals surface area contributed by atoms with Gasteiger partial charge in [-0.1, -0.05) is 91.0 Å². The van der Waals surface area contributed by atoms with Crippen LogP contribution in [0.2, 0.25) is 0 Å². The first-order valence-electron chi connectivity index (χ1n) is 8.30. The van der Waals surface area contributed by atoms with Crippen LogP contribution < -0.4 is 0 Å². The standard InChI is InChI=1S/C22H20N2/c1-24-21(18-13-7-3-8-14-18)20(17-11-5-2-6-12-17)23-22(24)19-15-9-4-10-16-19/h2-16,20-21H,1H3/t20-,21+/m1/s1. The normalized spacial score (nSPS) is 20.0. The molecule has 0 bridgehead atoms. The van der Waals surface area contributed by atoms with E-state index in [0.717, 1.165) is 5.84 Å².